The summed E-state index contributed by atoms with van der Waals surface area (Å²) >= 11 is 0. The lowest BCUT2D eigenvalue weighted by Gasteiger charge is -2.30. The van der Waals surface area contributed by atoms with Crippen LogP contribution in [0.25, 0.3) is 0 Å². The lowest BCUT2D eigenvalue weighted by Crippen LogP contribution is -2.48. The zero-order valence-corrected chi connectivity index (χ0v) is 17.2. The molecule has 30 heavy (non-hydrogen) atoms. The molecule has 0 aromatic rings. The maximum atomic E-state index is 14.5. The number of ether oxygens (including phenoxy) is 2. The zero-order valence-electron chi connectivity index (χ0n) is 17.2. The van der Waals surface area contributed by atoms with E-state index in [9.17, 15) is 44.7 Å². The molecule has 0 aromatic carbocycles. The molecule has 0 fully saturated rings. The van der Waals surface area contributed by atoms with Gasteiger partial charge in [0.2, 0.25) is 0 Å². The predicted molar refractivity (Wildman–Crippen MR) is 89.8 cm³/mol. The van der Waals surface area contributed by atoms with Gasteiger partial charge >= 0.3 is 30.2 Å². The van der Waals surface area contributed by atoms with Crippen LogP contribution in [0.5, 0.6) is 0 Å². The van der Waals surface area contributed by atoms with E-state index in [2.05, 4.69) is 4.74 Å². The number of alkyl halides is 8. The average Bonchev–Trinajstić information content (AvgIpc) is 2.57. The van der Waals surface area contributed by atoms with Crippen LogP contribution in [0, 0.1) is 11.3 Å². The minimum atomic E-state index is -5.11. The smallest absolute Gasteiger partial charge is 0.381 e. The molecular formula is C18H26F8O4. The molecule has 0 N–H and O–H groups in total. The van der Waals surface area contributed by atoms with Crippen LogP contribution in [0.15, 0.2) is 0 Å². The van der Waals surface area contributed by atoms with Crippen LogP contribution < -0.4 is 0 Å². The second-order valence-corrected chi connectivity index (χ2v) is 8.05. The fourth-order valence-electron chi connectivity index (χ4n) is 2.00. The Labute approximate surface area is 169 Å². The third kappa shape index (κ3) is 8.25. The largest absolute Gasteiger partial charge is 0.455 e. The van der Waals surface area contributed by atoms with Crippen molar-refractivity contribution in [3.63, 3.8) is 0 Å². The van der Waals surface area contributed by atoms with Crippen molar-refractivity contribution in [2.24, 2.45) is 11.3 Å². The Morgan fingerprint density at radius 3 is 1.83 bits per heavy atom. The molecule has 1 atom stereocenters. The number of carbonyl (C=O) groups excluding carboxylic acids is 2. The van der Waals surface area contributed by atoms with Crippen molar-refractivity contribution in [3.05, 3.63) is 0 Å². The van der Waals surface area contributed by atoms with Crippen molar-refractivity contribution in [1.29, 1.82) is 0 Å². The molecule has 178 valence electrons. The Hall–Kier alpha value is -1.62. The van der Waals surface area contributed by atoms with Crippen LogP contribution in [-0.4, -0.2) is 48.8 Å². The van der Waals surface area contributed by atoms with Crippen molar-refractivity contribution in [2.75, 3.05) is 6.61 Å². The van der Waals surface area contributed by atoms with E-state index in [0.717, 1.165) is 0 Å². The van der Waals surface area contributed by atoms with Gasteiger partial charge in [0.05, 0.1) is 11.8 Å². The van der Waals surface area contributed by atoms with Crippen molar-refractivity contribution >= 4 is 11.9 Å². The molecule has 12 heteroatoms. The highest BCUT2D eigenvalue weighted by molar-refractivity contribution is 5.80. The van der Waals surface area contributed by atoms with E-state index in [1.807, 2.05) is 0 Å². The first-order chi connectivity index (χ1) is 13.3. The summed E-state index contributed by atoms with van der Waals surface area (Å²) in [5.41, 5.74) is -1.18. The maximum absolute atomic E-state index is 14.5. The van der Waals surface area contributed by atoms with Gasteiger partial charge < -0.3 is 9.47 Å². The van der Waals surface area contributed by atoms with Crippen molar-refractivity contribution in [3.8, 4) is 0 Å². The topological polar surface area (TPSA) is 52.6 Å². The summed E-state index contributed by atoms with van der Waals surface area (Å²) in [6, 6.07) is 0. The number of hydrogen-bond donors (Lipinski definition) is 0. The number of esters is 2. The van der Waals surface area contributed by atoms with Crippen LogP contribution in [0.3, 0.4) is 0 Å². The van der Waals surface area contributed by atoms with Gasteiger partial charge in [0.1, 0.15) is 0 Å². The lowest BCUT2D eigenvalue weighted by atomic mass is 9.90. The van der Waals surface area contributed by atoms with Crippen LogP contribution in [0.1, 0.15) is 53.9 Å². The number of hydrogen-bond acceptors (Lipinski definition) is 4. The summed E-state index contributed by atoms with van der Waals surface area (Å²) in [5, 5.41) is 0. The summed E-state index contributed by atoms with van der Waals surface area (Å²) in [7, 11) is 0. The normalized spacial score (nSPS) is 14.8. The van der Waals surface area contributed by atoms with Crippen LogP contribution in [-0.2, 0) is 19.1 Å². The molecule has 4 nitrogen and oxygen atoms in total. The minimum Gasteiger partial charge on any atom is -0.455 e. The third-order valence-corrected chi connectivity index (χ3v) is 4.28. The highest BCUT2D eigenvalue weighted by Crippen LogP contribution is 2.36. The van der Waals surface area contributed by atoms with Gasteiger partial charge in [0.15, 0.2) is 12.7 Å². The lowest BCUT2D eigenvalue weighted by molar-refractivity contribution is -0.218. The fourth-order valence-corrected chi connectivity index (χ4v) is 2.00. The summed E-state index contributed by atoms with van der Waals surface area (Å²) in [6.45, 7) is 5.06. The molecule has 0 rings (SSSR count). The summed E-state index contributed by atoms with van der Waals surface area (Å²) in [6.07, 6.45) is -9.81. The highest BCUT2D eigenvalue weighted by atomic mass is 19.3. The SMILES string of the molecule is CCC(C)(C)C(=O)OC(CC(C)C)C(F)(F)C(=O)OCC(F)(F)CC(F)(F)C(F)F. The molecule has 0 saturated carbocycles. The predicted octanol–water partition coefficient (Wildman–Crippen LogP) is 5.48. The van der Waals surface area contributed by atoms with Gasteiger partial charge in [-0.25, -0.2) is 31.1 Å². The van der Waals surface area contributed by atoms with Crippen LogP contribution in [0.2, 0.25) is 0 Å². The molecule has 0 saturated heterocycles. The van der Waals surface area contributed by atoms with Crippen LogP contribution >= 0.6 is 0 Å². The van der Waals surface area contributed by atoms with E-state index in [1.54, 1.807) is 6.92 Å². The molecule has 0 aromatic heterocycles. The fraction of sp³-hybridized carbons (Fsp3) is 0.889. The standard InChI is InChI=1S/C18H26F8O4/c1-6-15(4,5)13(27)30-11(7-10(2)3)18(25,26)14(28)29-9-16(21,22)8-17(23,24)12(19)20/h10-12H,6-9H2,1-5H3. The van der Waals surface area contributed by atoms with E-state index in [1.165, 1.54) is 27.7 Å². The van der Waals surface area contributed by atoms with Gasteiger partial charge in [-0.1, -0.05) is 20.8 Å². The van der Waals surface area contributed by atoms with Crippen molar-refractivity contribution in [2.45, 2.75) is 84.2 Å². The van der Waals surface area contributed by atoms with Gasteiger partial charge in [-0.15, -0.1) is 0 Å². The van der Waals surface area contributed by atoms with Crippen molar-refractivity contribution < 1.29 is 54.2 Å². The monoisotopic (exact) mass is 458 g/mol. The van der Waals surface area contributed by atoms with Crippen LogP contribution in [0.4, 0.5) is 35.1 Å². The zero-order chi connectivity index (χ0) is 24.1. The van der Waals surface area contributed by atoms with Gasteiger partial charge in [0, 0.05) is 0 Å². The van der Waals surface area contributed by atoms with Gasteiger partial charge in [-0.3, -0.25) is 4.79 Å². The minimum absolute atomic E-state index is 0.209. The molecule has 1 unspecified atom stereocenters. The molecule has 0 spiro atoms. The number of rotatable bonds is 12. The molecule has 0 aliphatic carbocycles. The highest BCUT2D eigenvalue weighted by Gasteiger charge is 2.55. The van der Waals surface area contributed by atoms with E-state index >= 15 is 0 Å². The summed E-state index contributed by atoms with van der Waals surface area (Å²) in [4.78, 5) is 23.8. The summed E-state index contributed by atoms with van der Waals surface area (Å²) < 4.78 is 114. The van der Waals surface area contributed by atoms with Gasteiger partial charge in [-0.05, 0) is 32.6 Å². The second kappa shape index (κ2) is 10.1. The number of halogens is 8. The average molecular weight is 458 g/mol. The molecule has 0 aliphatic heterocycles. The second-order valence-electron chi connectivity index (χ2n) is 8.05. The van der Waals surface area contributed by atoms with E-state index < -0.39 is 73.0 Å². The van der Waals surface area contributed by atoms with Crippen molar-refractivity contribution in [1.82, 2.24) is 0 Å². The Bertz CT molecular complexity index is 591. The van der Waals surface area contributed by atoms with Gasteiger partial charge in [-0.2, -0.15) is 8.78 Å². The first kappa shape index (κ1) is 28.4. The van der Waals surface area contributed by atoms with E-state index in [0.29, 0.717) is 0 Å². The maximum Gasteiger partial charge on any atom is 0.381 e. The molecular weight excluding hydrogens is 432 g/mol. The van der Waals surface area contributed by atoms with E-state index in [4.69, 9.17) is 4.74 Å². The Morgan fingerprint density at radius 1 is 0.933 bits per heavy atom. The molecule has 0 radical (unpaired) electrons. The molecule has 0 bridgehead atoms. The molecule has 0 aliphatic rings. The first-order valence-corrected chi connectivity index (χ1v) is 9.08. The Kier molecular flexibility index (Phi) is 9.58. The quantitative estimate of drug-likeness (QED) is 0.287. The first-order valence-electron chi connectivity index (χ1n) is 9.08. The van der Waals surface area contributed by atoms with E-state index in [-0.39, 0.29) is 6.42 Å². The Balaban J connectivity index is 5.37. The third-order valence-electron chi connectivity index (χ3n) is 4.28. The number of carbonyl (C=O) groups is 2. The summed E-state index contributed by atoms with van der Waals surface area (Å²) in [5.74, 6) is -18.5. The molecule has 0 amide bonds. The molecule has 0 heterocycles. The van der Waals surface area contributed by atoms with Gasteiger partial charge in [0.25, 0.3) is 5.92 Å². The Morgan fingerprint density at radius 2 is 1.43 bits per heavy atom.